The molecule has 1 fully saturated rings. The Hall–Kier alpha value is -3.09. The number of aryl methyl sites for hydroxylation is 1. The maximum Gasteiger partial charge on any atom is 0.236 e. The summed E-state index contributed by atoms with van der Waals surface area (Å²) < 4.78 is 1.93. The van der Waals surface area contributed by atoms with Crippen molar-refractivity contribution in [2.75, 3.05) is 50.7 Å². The highest BCUT2D eigenvalue weighted by Gasteiger charge is 2.24. The lowest BCUT2D eigenvalue weighted by Crippen LogP contribution is -2.51. The number of anilines is 1. The minimum absolute atomic E-state index is 0.222. The summed E-state index contributed by atoms with van der Waals surface area (Å²) in [6.45, 7) is 7.46. The van der Waals surface area contributed by atoms with Crippen LogP contribution in [0.2, 0.25) is 5.02 Å². The number of benzene rings is 2. The Morgan fingerprint density at radius 1 is 0.941 bits per heavy atom. The zero-order valence-electron chi connectivity index (χ0n) is 19.5. The van der Waals surface area contributed by atoms with E-state index in [1.54, 1.807) is 0 Å². The number of hydrogen-bond donors (Lipinski definition) is 0. The zero-order valence-corrected chi connectivity index (χ0v) is 20.3. The first-order valence-electron chi connectivity index (χ1n) is 11.9. The van der Waals surface area contributed by atoms with Gasteiger partial charge in [-0.05, 0) is 55.3 Å². The second-order valence-corrected chi connectivity index (χ2v) is 9.50. The summed E-state index contributed by atoms with van der Waals surface area (Å²) in [5.74, 6) is 0.222. The SMILES string of the molecule is Cc1ccc(-n2cc(C3=CCN(CC(=O)N4CCN(c5ccc(Cl)cc5)CC4)CC3)cn2)cc1. The monoisotopic (exact) mass is 475 g/mol. The van der Waals surface area contributed by atoms with E-state index in [-0.39, 0.29) is 5.91 Å². The molecule has 6 nitrogen and oxygen atoms in total. The second-order valence-electron chi connectivity index (χ2n) is 9.07. The van der Waals surface area contributed by atoms with Gasteiger partial charge in [0.25, 0.3) is 0 Å². The number of halogens is 1. The van der Waals surface area contributed by atoms with Gasteiger partial charge < -0.3 is 9.80 Å². The molecule has 0 spiro atoms. The summed E-state index contributed by atoms with van der Waals surface area (Å²) in [5, 5.41) is 5.29. The predicted octanol–water partition coefficient (Wildman–Crippen LogP) is 4.27. The molecule has 2 aromatic carbocycles. The molecule has 2 aliphatic rings. The minimum atomic E-state index is 0.222. The molecule has 0 N–H and O–H groups in total. The van der Waals surface area contributed by atoms with Crippen molar-refractivity contribution in [3.63, 3.8) is 0 Å². The molecule has 0 atom stereocenters. The summed E-state index contributed by atoms with van der Waals surface area (Å²) >= 11 is 6.00. The standard InChI is InChI=1S/C27H30ClN5O/c1-21-2-6-26(7-3-21)33-19-23(18-29-33)22-10-12-30(13-11-22)20-27(34)32-16-14-31(15-17-32)25-8-4-24(28)5-9-25/h2-10,18-19H,11-17,20H2,1H3. The van der Waals surface area contributed by atoms with Gasteiger partial charge in [-0.3, -0.25) is 9.69 Å². The molecule has 176 valence electrons. The van der Waals surface area contributed by atoms with Gasteiger partial charge in [-0.2, -0.15) is 5.10 Å². The van der Waals surface area contributed by atoms with Crippen molar-refractivity contribution in [1.29, 1.82) is 0 Å². The highest BCUT2D eigenvalue weighted by Crippen LogP contribution is 2.24. The average Bonchev–Trinajstić information content (AvgIpc) is 3.36. The van der Waals surface area contributed by atoms with Crippen molar-refractivity contribution < 1.29 is 4.79 Å². The van der Waals surface area contributed by atoms with Crippen LogP contribution >= 0.6 is 11.6 Å². The van der Waals surface area contributed by atoms with Crippen LogP contribution in [-0.4, -0.2) is 71.3 Å². The Balaban J connectivity index is 1.12. The van der Waals surface area contributed by atoms with Crippen molar-refractivity contribution >= 4 is 28.8 Å². The lowest BCUT2D eigenvalue weighted by molar-refractivity contribution is -0.132. The van der Waals surface area contributed by atoms with E-state index in [4.69, 9.17) is 11.6 Å². The van der Waals surface area contributed by atoms with Crippen LogP contribution in [0, 0.1) is 6.92 Å². The van der Waals surface area contributed by atoms with Gasteiger partial charge in [0.05, 0.1) is 18.4 Å². The molecular formula is C27H30ClN5O. The van der Waals surface area contributed by atoms with Crippen LogP contribution in [0.25, 0.3) is 11.3 Å². The van der Waals surface area contributed by atoms with E-state index in [9.17, 15) is 4.79 Å². The van der Waals surface area contributed by atoms with Gasteiger partial charge in [-0.15, -0.1) is 0 Å². The quantitative estimate of drug-likeness (QED) is 0.552. The number of carbonyl (C=O) groups is 1. The highest BCUT2D eigenvalue weighted by molar-refractivity contribution is 6.30. The third kappa shape index (κ3) is 5.18. The first-order chi connectivity index (χ1) is 16.5. The van der Waals surface area contributed by atoms with Crippen molar-refractivity contribution in [3.05, 3.63) is 83.2 Å². The number of aromatic nitrogens is 2. The summed E-state index contributed by atoms with van der Waals surface area (Å²) in [5.41, 5.74) is 5.93. The lowest BCUT2D eigenvalue weighted by atomic mass is 10.0. The van der Waals surface area contributed by atoms with Gasteiger partial charge in [0.2, 0.25) is 5.91 Å². The number of rotatable bonds is 5. The Morgan fingerprint density at radius 2 is 1.65 bits per heavy atom. The molecule has 2 aliphatic heterocycles. The Bertz CT molecular complexity index is 1160. The average molecular weight is 476 g/mol. The van der Waals surface area contributed by atoms with E-state index >= 15 is 0 Å². The lowest BCUT2D eigenvalue weighted by Gasteiger charge is -2.37. The van der Waals surface area contributed by atoms with Crippen molar-refractivity contribution in [2.24, 2.45) is 0 Å². The van der Waals surface area contributed by atoms with Gasteiger partial charge in [0, 0.05) is 61.7 Å². The van der Waals surface area contributed by atoms with Crippen LogP contribution in [-0.2, 0) is 4.79 Å². The molecule has 3 aromatic rings. The summed E-state index contributed by atoms with van der Waals surface area (Å²) in [4.78, 5) is 19.5. The molecule has 34 heavy (non-hydrogen) atoms. The van der Waals surface area contributed by atoms with Crippen molar-refractivity contribution in [2.45, 2.75) is 13.3 Å². The first kappa shape index (κ1) is 22.7. The normalized spacial score (nSPS) is 17.1. The molecule has 0 saturated carbocycles. The number of nitrogens with zero attached hydrogens (tertiary/aromatic N) is 5. The fourth-order valence-corrected chi connectivity index (χ4v) is 4.73. The number of piperazine rings is 1. The molecule has 0 radical (unpaired) electrons. The maximum atomic E-state index is 12.9. The minimum Gasteiger partial charge on any atom is -0.368 e. The van der Waals surface area contributed by atoms with Gasteiger partial charge in [-0.1, -0.05) is 35.4 Å². The van der Waals surface area contributed by atoms with Gasteiger partial charge in [0.15, 0.2) is 0 Å². The second kappa shape index (κ2) is 10.0. The molecule has 3 heterocycles. The molecule has 0 bridgehead atoms. The first-order valence-corrected chi connectivity index (χ1v) is 12.2. The van der Waals surface area contributed by atoms with Gasteiger partial charge in [-0.25, -0.2) is 4.68 Å². The van der Waals surface area contributed by atoms with E-state index in [1.807, 2.05) is 40.0 Å². The number of hydrogen-bond acceptors (Lipinski definition) is 4. The van der Waals surface area contributed by atoms with E-state index in [0.717, 1.165) is 67.7 Å². The molecule has 0 aliphatic carbocycles. The summed E-state index contributed by atoms with van der Waals surface area (Å²) in [6, 6.07) is 16.3. The summed E-state index contributed by atoms with van der Waals surface area (Å²) in [6.07, 6.45) is 7.20. The molecule has 1 aromatic heterocycles. The molecule has 1 amide bonds. The molecule has 0 unspecified atom stereocenters. The van der Waals surface area contributed by atoms with E-state index in [0.29, 0.717) is 6.54 Å². The summed E-state index contributed by atoms with van der Waals surface area (Å²) in [7, 11) is 0. The predicted molar refractivity (Wildman–Crippen MR) is 138 cm³/mol. The molecule has 5 rings (SSSR count). The van der Waals surface area contributed by atoms with E-state index < -0.39 is 0 Å². The van der Waals surface area contributed by atoms with Gasteiger partial charge in [0.1, 0.15) is 0 Å². The third-order valence-corrected chi connectivity index (χ3v) is 6.98. The van der Waals surface area contributed by atoms with Crippen LogP contribution < -0.4 is 4.90 Å². The number of amides is 1. The molecular weight excluding hydrogens is 446 g/mol. The van der Waals surface area contributed by atoms with Crippen molar-refractivity contribution in [3.8, 4) is 5.69 Å². The Morgan fingerprint density at radius 3 is 2.32 bits per heavy atom. The number of carbonyl (C=O) groups excluding carboxylic acids is 1. The molecule has 7 heteroatoms. The van der Waals surface area contributed by atoms with Crippen LogP contribution in [0.4, 0.5) is 5.69 Å². The molecule has 1 saturated heterocycles. The fourth-order valence-electron chi connectivity index (χ4n) is 4.60. The van der Waals surface area contributed by atoms with Gasteiger partial charge >= 0.3 is 0 Å². The largest absolute Gasteiger partial charge is 0.368 e. The van der Waals surface area contributed by atoms with Crippen LogP contribution in [0.1, 0.15) is 17.5 Å². The van der Waals surface area contributed by atoms with Crippen LogP contribution in [0.15, 0.2) is 67.0 Å². The van der Waals surface area contributed by atoms with E-state index in [2.05, 4.69) is 58.4 Å². The fraction of sp³-hybridized carbons (Fsp3) is 0.333. The smallest absolute Gasteiger partial charge is 0.236 e. The van der Waals surface area contributed by atoms with Crippen LogP contribution in [0.5, 0.6) is 0 Å². The Labute approximate surface area is 206 Å². The topological polar surface area (TPSA) is 44.6 Å². The van der Waals surface area contributed by atoms with Crippen LogP contribution in [0.3, 0.4) is 0 Å². The van der Waals surface area contributed by atoms with Crippen molar-refractivity contribution in [1.82, 2.24) is 19.6 Å². The zero-order chi connectivity index (χ0) is 23.5. The third-order valence-electron chi connectivity index (χ3n) is 6.73. The Kier molecular flexibility index (Phi) is 6.70. The highest BCUT2D eigenvalue weighted by atomic mass is 35.5. The van der Waals surface area contributed by atoms with E-state index in [1.165, 1.54) is 11.1 Å². The maximum absolute atomic E-state index is 12.9.